The SMILES string of the molecule is Cc1cc(F)cc(-c2nc3ccc(N4CCN[C@H](C)C4)nn3c2-c2ccncc2)c1. The number of hydrogen-bond acceptors (Lipinski definition) is 5. The molecule has 1 fully saturated rings. The number of piperazine rings is 1. The van der Waals surface area contributed by atoms with Gasteiger partial charge in [-0.2, -0.15) is 0 Å². The van der Waals surface area contributed by atoms with Gasteiger partial charge in [-0.15, -0.1) is 5.10 Å². The maximum absolute atomic E-state index is 14.2. The van der Waals surface area contributed by atoms with Crippen LogP contribution in [-0.4, -0.2) is 45.3 Å². The van der Waals surface area contributed by atoms with Crippen molar-refractivity contribution < 1.29 is 4.39 Å². The molecule has 0 aliphatic carbocycles. The molecule has 1 aromatic carbocycles. The minimum absolute atomic E-state index is 0.272. The van der Waals surface area contributed by atoms with Crippen molar-refractivity contribution in [3.05, 3.63) is 66.2 Å². The van der Waals surface area contributed by atoms with E-state index in [0.717, 1.165) is 53.5 Å². The van der Waals surface area contributed by atoms with Crippen LogP contribution < -0.4 is 10.2 Å². The molecule has 3 aromatic heterocycles. The first kappa shape index (κ1) is 18.7. The number of benzene rings is 1. The van der Waals surface area contributed by atoms with E-state index in [1.165, 1.54) is 12.1 Å². The molecule has 30 heavy (non-hydrogen) atoms. The fourth-order valence-corrected chi connectivity index (χ4v) is 4.08. The monoisotopic (exact) mass is 402 g/mol. The van der Waals surface area contributed by atoms with Gasteiger partial charge in [0.2, 0.25) is 0 Å². The largest absolute Gasteiger partial charge is 0.352 e. The summed E-state index contributed by atoms with van der Waals surface area (Å²) in [6.07, 6.45) is 3.49. The number of rotatable bonds is 3. The molecule has 4 aromatic rings. The number of imidazole rings is 1. The fraction of sp³-hybridized carbons (Fsp3) is 0.261. The number of aryl methyl sites for hydroxylation is 1. The Labute approximate surface area is 174 Å². The van der Waals surface area contributed by atoms with Crippen LogP contribution in [0, 0.1) is 12.7 Å². The molecule has 152 valence electrons. The van der Waals surface area contributed by atoms with Gasteiger partial charge in [0.05, 0.1) is 5.69 Å². The lowest BCUT2D eigenvalue weighted by Crippen LogP contribution is -2.49. The highest BCUT2D eigenvalue weighted by Gasteiger charge is 2.21. The third kappa shape index (κ3) is 3.41. The van der Waals surface area contributed by atoms with Crippen LogP contribution in [-0.2, 0) is 0 Å². The second kappa shape index (κ2) is 7.50. The van der Waals surface area contributed by atoms with E-state index in [2.05, 4.69) is 22.1 Å². The number of hydrogen-bond donors (Lipinski definition) is 1. The van der Waals surface area contributed by atoms with E-state index >= 15 is 0 Å². The maximum atomic E-state index is 14.2. The quantitative estimate of drug-likeness (QED) is 0.566. The van der Waals surface area contributed by atoms with Crippen LogP contribution in [0.15, 0.2) is 54.9 Å². The second-order valence-corrected chi connectivity index (χ2v) is 7.82. The van der Waals surface area contributed by atoms with Crippen LogP contribution in [0.4, 0.5) is 10.2 Å². The summed E-state index contributed by atoms with van der Waals surface area (Å²) in [5.41, 5.74) is 4.80. The Hall–Kier alpha value is -3.32. The van der Waals surface area contributed by atoms with Crippen LogP contribution in [0.2, 0.25) is 0 Å². The van der Waals surface area contributed by atoms with Gasteiger partial charge >= 0.3 is 0 Å². The molecular formula is C23H23FN6. The van der Waals surface area contributed by atoms with Gasteiger partial charge in [-0.05, 0) is 61.9 Å². The summed E-state index contributed by atoms with van der Waals surface area (Å²) in [6, 6.07) is 13.3. The zero-order valence-corrected chi connectivity index (χ0v) is 17.0. The van der Waals surface area contributed by atoms with Crippen molar-refractivity contribution in [3.8, 4) is 22.5 Å². The van der Waals surface area contributed by atoms with Crippen LogP contribution in [0.1, 0.15) is 12.5 Å². The minimum atomic E-state index is -0.272. The Morgan fingerprint density at radius 1 is 1.07 bits per heavy atom. The fourth-order valence-electron chi connectivity index (χ4n) is 4.08. The number of halogens is 1. The summed E-state index contributed by atoms with van der Waals surface area (Å²) in [5, 5.41) is 8.40. The van der Waals surface area contributed by atoms with E-state index in [1.54, 1.807) is 12.4 Å². The number of anilines is 1. The van der Waals surface area contributed by atoms with E-state index in [4.69, 9.17) is 10.1 Å². The standard InChI is InChI=1S/C23H23FN6/c1-15-11-18(13-19(24)12-15)22-23(17-5-7-25-8-6-17)30-20(27-22)3-4-21(28-30)29-10-9-26-16(2)14-29/h3-8,11-13,16,26H,9-10,14H2,1-2H3/t16-/m1/s1. The lowest BCUT2D eigenvalue weighted by Gasteiger charge is -2.32. The topological polar surface area (TPSA) is 58.4 Å². The molecule has 5 rings (SSSR count). The number of fused-ring (bicyclic) bond motifs is 1. The van der Waals surface area contributed by atoms with Gasteiger partial charge in [-0.25, -0.2) is 13.9 Å². The van der Waals surface area contributed by atoms with Gasteiger partial charge in [-0.1, -0.05) is 0 Å². The number of aromatic nitrogens is 4. The molecular weight excluding hydrogens is 379 g/mol. The van der Waals surface area contributed by atoms with Crippen molar-refractivity contribution >= 4 is 11.5 Å². The summed E-state index contributed by atoms with van der Waals surface area (Å²) in [7, 11) is 0. The van der Waals surface area contributed by atoms with Gasteiger partial charge in [0.25, 0.3) is 0 Å². The molecule has 1 aliphatic heterocycles. The third-order valence-electron chi connectivity index (χ3n) is 5.43. The van der Waals surface area contributed by atoms with Crippen molar-refractivity contribution in [1.29, 1.82) is 0 Å². The molecule has 1 saturated heterocycles. The van der Waals surface area contributed by atoms with Gasteiger partial charge in [0.15, 0.2) is 5.65 Å². The van der Waals surface area contributed by atoms with Crippen molar-refractivity contribution in [1.82, 2.24) is 24.9 Å². The summed E-state index contributed by atoms with van der Waals surface area (Å²) in [5.74, 6) is 0.636. The molecule has 0 saturated carbocycles. The number of nitrogens with zero attached hydrogens (tertiary/aromatic N) is 5. The minimum Gasteiger partial charge on any atom is -0.352 e. The highest BCUT2D eigenvalue weighted by molar-refractivity contribution is 5.82. The van der Waals surface area contributed by atoms with Crippen molar-refractivity contribution in [2.24, 2.45) is 0 Å². The first-order valence-electron chi connectivity index (χ1n) is 10.1. The molecule has 0 radical (unpaired) electrons. The average molecular weight is 402 g/mol. The molecule has 4 heterocycles. The number of pyridine rings is 1. The van der Waals surface area contributed by atoms with E-state index in [1.807, 2.05) is 41.8 Å². The molecule has 6 nitrogen and oxygen atoms in total. The Morgan fingerprint density at radius 3 is 2.67 bits per heavy atom. The first-order valence-corrected chi connectivity index (χ1v) is 10.1. The molecule has 1 aliphatic rings. The van der Waals surface area contributed by atoms with Gasteiger partial charge in [0, 0.05) is 49.2 Å². The zero-order valence-electron chi connectivity index (χ0n) is 17.0. The molecule has 1 atom stereocenters. The average Bonchev–Trinajstić information content (AvgIpc) is 3.12. The molecule has 0 amide bonds. The van der Waals surface area contributed by atoms with Crippen molar-refractivity contribution in [3.63, 3.8) is 0 Å². The Kier molecular flexibility index (Phi) is 4.67. The van der Waals surface area contributed by atoms with E-state index in [0.29, 0.717) is 11.7 Å². The predicted molar refractivity (Wildman–Crippen MR) is 116 cm³/mol. The molecule has 0 spiro atoms. The van der Waals surface area contributed by atoms with Gasteiger partial charge < -0.3 is 10.2 Å². The Morgan fingerprint density at radius 2 is 1.90 bits per heavy atom. The first-order chi connectivity index (χ1) is 14.6. The number of nitrogens with one attached hydrogen (secondary N) is 1. The van der Waals surface area contributed by atoms with Crippen molar-refractivity contribution in [2.45, 2.75) is 19.9 Å². The normalized spacial score (nSPS) is 16.9. The van der Waals surface area contributed by atoms with Crippen LogP contribution in [0.3, 0.4) is 0 Å². The van der Waals surface area contributed by atoms with Crippen LogP contribution in [0.5, 0.6) is 0 Å². The van der Waals surface area contributed by atoms with Crippen LogP contribution in [0.25, 0.3) is 28.2 Å². The van der Waals surface area contributed by atoms with Crippen LogP contribution >= 0.6 is 0 Å². The third-order valence-corrected chi connectivity index (χ3v) is 5.43. The highest BCUT2D eigenvalue weighted by Crippen LogP contribution is 2.33. The molecule has 0 bridgehead atoms. The summed E-state index contributed by atoms with van der Waals surface area (Å²) < 4.78 is 16.0. The molecule has 7 heteroatoms. The summed E-state index contributed by atoms with van der Waals surface area (Å²) in [6.45, 7) is 6.78. The van der Waals surface area contributed by atoms with E-state index in [9.17, 15) is 4.39 Å². The molecule has 0 unspecified atom stereocenters. The van der Waals surface area contributed by atoms with Crippen molar-refractivity contribution in [2.75, 3.05) is 24.5 Å². The van der Waals surface area contributed by atoms with Gasteiger partial charge in [-0.3, -0.25) is 4.98 Å². The predicted octanol–water partition coefficient (Wildman–Crippen LogP) is 3.70. The lowest BCUT2D eigenvalue weighted by atomic mass is 10.0. The van der Waals surface area contributed by atoms with E-state index < -0.39 is 0 Å². The smallest absolute Gasteiger partial charge is 0.155 e. The molecule has 1 N–H and O–H groups in total. The second-order valence-electron chi connectivity index (χ2n) is 7.82. The van der Waals surface area contributed by atoms with E-state index in [-0.39, 0.29) is 5.82 Å². The zero-order chi connectivity index (χ0) is 20.7. The summed E-state index contributed by atoms with van der Waals surface area (Å²) in [4.78, 5) is 11.2. The van der Waals surface area contributed by atoms with Gasteiger partial charge in [0.1, 0.15) is 17.3 Å². The Bertz CT molecular complexity index is 1180. The summed E-state index contributed by atoms with van der Waals surface area (Å²) >= 11 is 0. The Balaban J connectivity index is 1.72. The lowest BCUT2D eigenvalue weighted by molar-refractivity contribution is 0.481. The highest BCUT2D eigenvalue weighted by atomic mass is 19.1. The maximum Gasteiger partial charge on any atom is 0.155 e.